The van der Waals surface area contributed by atoms with Crippen molar-refractivity contribution in [3.05, 3.63) is 0 Å². The highest BCUT2D eigenvalue weighted by Crippen LogP contribution is 2.26. The van der Waals surface area contributed by atoms with Crippen molar-refractivity contribution in [2.75, 3.05) is 33.4 Å². The molecule has 1 atom stereocenters. The van der Waals surface area contributed by atoms with Gasteiger partial charge in [-0.15, -0.1) is 0 Å². The number of nitrogens with two attached hydrogens (primary N) is 1. The lowest BCUT2D eigenvalue weighted by Crippen LogP contribution is -2.41. The minimum Gasteiger partial charge on any atom is -0.380 e. The first-order valence-electron chi connectivity index (χ1n) is 6.26. The summed E-state index contributed by atoms with van der Waals surface area (Å²) in [6.45, 7) is 5.67. The summed E-state index contributed by atoms with van der Waals surface area (Å²) in [5, 5.41) is 0. The van der Waals surface area contributed by atoms with E-state index in [1.807, 2.05) is 6.92 Å². The van der Waals surface area contributed by atoms with Crippen LogP contribution in [-0.4, -0.2) is 44.3 Å². The van der Waals surface area contributed by atoms with E-state index < -0.39 is 0 Å². The predicted octanol–water partition coefficient (Wildman–Crippen LogP) is 1.47. The van der Waals surface area contributed by atoms with E-state index in [0.29, 0.717) is 6.04 Å². The fraction of sp³-hybridized carbons (Fsp3) is 1.00. The molecule has 0 saturated heterocycles. The Morgan fingerprint density at radius 2 is 2.07 bits per heavy atom. The standard InChI is InChI=1S/C12H26N2O/c1-3-15-9-8-14(2)10-12(13)11-6-4-5-7-11/h11-12H,3-10,13H2,1-2H3. The maximum atomic E-state index is 6.20. The largest absolute Gasteiger partial charge is 0.380 e. The molecule has 90 valence electrons. The molecule has 0 aromatic heterocycles. The van der Waals surface area contributed by atoms with E-state index in [9.17, 15) is 0 Å². The fourth-order valence-electron chi connectivity index (χ4n) is 2.35. The SMILES string of the molecule is CCOCCN(C)CC(N)C1CCCC1. The number of hydrogen-bond acceptors (Lipinski definition) is 3. The molecule has 1 aliphatic rings. The van der Waals surface area contributed by atoms with E-state index in [0.717, 1.165) is 32.2 Å². The number of rotatable bonds is 7. The third-order valence-corrected chi connectivity index (χ3v) is 3.35. The lowest BCUT2D eigenvalue weighted by atomic mass is 9.99. The van der Waals surface area contributed by atoms with Gasteiger partial charge in [0.05, 0.1) is 6.61 Å². The van der Waals surface area contributed by atoms with E-state index in [2.05, 4.69) is 11.9 Å². The van der Waals surface area contributed by atoms with Crippen molar-refractivity contribution in [3.63, 3.8) is 0 Å². The highest BCUT2D eigenvalue weighted by molar-refractivity contribution is 4.79. The molecule has 3 nitrogen and oxygen atoms in total. The number of hydrogen-bond donors (Lipinski definition) is 1. The van der Waals surface area contributed by atoms with Crippen LogP contribution in [0.4, 0.5) is 0 Å². The zero-order chi connectivity index (χ0) is 11.1. The molecule has 0 aromatic carbocycles. The second-order valence-corrected chi connectivity index (χ2v) is 4.67. The molecular weight excluding hydrogens is 188 g/mol. The molecule has 3 heteroatoms. The third-order valence-electron chi connectivity index (χ3n) is 3.35. The van der Waals surface area contributed by atoms with E-state index in [1.165, 1.54) is 25.7 Å². The second kappa shape index (κ2) is 7.20. The minimum atomic E-state index is 0.360. The van der Waals surface area contributed by atoms with Crippen LogP contribution < -0.4 is 5.73 Å². The first-order chi connectivity index (χ1) is 7.24. The second-order valence-electron chi connectivity index (χ2n) is 4.67. The average molecular weight is 214 g/mol. The van der Waals surface area contributed by atoms with E-state index in [-0.39, 0.29) is 0 Å². The van der Waals surface area contributed by atoms with Crippen LogP contribution in [0.2, 0.25) is 0 Å². The molecular formula is C12H26N2O. The van der Waals surface area contributed by atoms with Gasteiger partial charge in [-0.25, -0.2) is 0 Å². The summed E-state index contributed by atoms with van der Waals surface area (Å²) >= 11 is 0. The maximum Gasteiger partial charge on any atom is 0.0593 e. The van der Waals surface area contributed by atoms with E-state index >= 15 is 0 Å². The topological polar surface area (TPSA) is 38.5 Å². The van der Waals surface area contributed by atoms with Gasteiger partial charge in [0.25, 0.3) is 0 Å². The van der Waals surface area contributed by atoms with Crippen molar-refractivity contribution < 1.29 is 4.74 Å². The molecule has 0 spiro atoms. The molecule has 0 heterocycles. The van der Waals surface area contributed by atoms with Crippen LogP contribution in [0.5, 0.6) is 0 Å². The molecule has 0 bridgehead atoms. The molecule has 0 aromatic rings. The summed E-state index contributed by atoms with van der Waals surface area (Å²) in [6, 6.07) is 0.360. The Kier molecular flexibility index (Phi) is 6.22. The average Bonchev–Trinajstić information content (AvgIpc) is 2.70. The van der Waals surface area contributed by atoms with Gasteiger partial charge in [-0.05, 0) is 32.7 Å². The third kappa shape index (κ3) is 4.96. The summed E-state index contributed by atoms with van der Waals surface area (Å²) in [4.78, 5) is 2.29. The zero-order valence-corrected chi connectivity index (χ0v) is 10.2. The molecule has 0 amide bonds. The lowest BCUT2D eigenvalue weighted by molar-refractivity contribution is 0.118. The van der Waals surface area contributed by atoms with Crippen LogP contribution >= 0.6 is 0 Å². The van der Waals surface area contributed by atoms with Crippen LogP contribution in [0, 0.1) is 5.92 Å². The Hall–Kier alpha value is -0.120. The van der Waals surface area contributed by atoms with Crippen molar-refractivity contribution in [2.45, 2.75) is 38.6 Å². The van der Waals surface area contributed by atoms with Crippen LogP contribution in [0.1, 0.15) is 32.6 Å². The van der Waals surface area contributed by atoms with Crippen LogP contribution in [-0.2, 0) is 4.74 Å². The van der Waals surface area contributed by atoms with E-state index in [4.69, 9.17) is 10.5 Å². The van der Waals surface area contributed by atoms with Gasteiger partial charge >= 0.3 is 0 Å². The molecule has 1 rings (SSSR count). The van der Waals surface area contributed by atoms with Crippen LogP contribution in [0.25, 0.3) is 0 Å². The van der Waals surface area contributed by atoms with Gasteiger partial charge < -0.3 is 15.4 Å². The highest BCUT2D eigenvalue weighted by atomic mass is 16.5. The monoisotopic (exact) mass is 214 g/mol. The summed E-state index contributed by atoms with van der Waals surface area (Å²) in [5.74, 6) is 0.763. The quantitative estimate of drug-likeness (QED) is 0.652. The van der Waals surface area contributed by atoms with Gasteiger partial charge in [-0.1, -0.05) is 12.8 Å². The number of ether oxygens (including phenoxy) is 1. The molecule has 15 heavy (non-hydrogen) atoms. The van der Waals surface area contributed by atoms with Gasteiger partial charge in [0.1, 0.15) is 0 Å². The Bertz CT molecular complexity index is 158. The number of nitrogens with zero attached hydrogens (tertiary/aromatic N) is 1. The van der Waals surface area contributed by atoms with Crippen molar-refractivity contribution in [2.24, 2.45) is 11.7 Å². The summed E-state index contributed by atoms with van der Waals surface area (Å²) in [6.07, 6.45) is 5.42. The Balaban J connectivity index is 2.10. The van der Waals surface area contributed by atoms with Crippen LogP contribution in [0.15, 0.2) is 0 Å². The smallest absolute Gasteiger partial charge is 0.0593 e. The normalized spacial score (nSPS) is 20.0. The van der Waals surface area contributed by atoms with Crippen molar-refractivity contribution >= 4 is 0 Å². The summed E-state index contributed by atoms with van der Waals surface area (Å²) in [7, 11) is 2.13. The molecule has 1 saturated carbocycles. The molecule has 0 aliphatic heterocycles. The molecule has 1 unspecified atom stereocenters. The van der Waals surface area contributed by atoms with Gasteiger partial charge in [-0.3, -0.25) is 0 Å². The Morgan fingerprint density at radius 3 is 2.67 bits per heavy atom. The number of likely N-dealkylation sites (N-methyl/N-ethyl adjacent to an activating group) is 1. The Labute approximate surface area is 94.0 Å². The van der Waals surface area contributed by atoms with Crippen molar-refractivity contribution in [3.8, 4) is 0 Å². The van der Waals surface area contributed by atoms with Crippen molar-refractivity contribution in [1.29, 1.82) is 0 Å². The Morgan fingerprint density at radius 1 is 1.40 bits per heavy atom. The van der Waals surface area contributed by atoms with Gasteiger partial charge in [0.2, 0.25) is 0 Å². The lowest BCUT2D eigenvalue weighted by Gasteiger charge is -2.25. The first-order valence-corrected chi connectivity index (χ1v) is 6.26. The maximum absolute atomic E-state index is 6.20. The van der Waals surface area contributed by atoms with Crippen molar-refractivity contribution in [1.82, 2.24) is 4.90 Å². The highest BCUT2D eigenvalue weighted by Gasteiger charge is 2.22. The van der Waals surface area contributed by atoms with E-state index in [1.54, 1.807) is 0 Å². The minimum absolute atomic E-state index is 0.360. The summed E-state index contributed by atoms with van der Waals surface area (Å²) in [5.41, 5.74) is 6.20. The first kappa shape index (κ1) is 12.9. The zero-order valence-electron chi connectivity index (χ0n) is 10.2. The predicted molar refractivity (Wildman–Crippen MR) is 63.9 cm³/mol. The fourth-order valence-corrected chi connectivity index (χ4v) is 2.35. The molecule has 1 aliphatic carbocycles. The summed E-state index contributed by atoms with van der Waals surface area (Å²) < 4.78 is 5.33. The van der Waals surface area contributed by atoms with Gasteiger partial charge in [0.15, 0.2) is 0 Å². The molecule has 0 radical (unpaired) electrons. The van der Waals surface area contributed by atoms with Crippen LogP contribution in [0.3, 0.4) is 0 Å². The van der Waals surface area contributed by atoms with Gasteiger partial charge in [0, 0.05) is 25.7 Å². The van der Waals surface area contributed by atoms with Gasteiger partial charge in [-0.2, -0.15) is 0 Å². The molecule has 2 N–H and O–H groups in total. The molecule has 1 fully saturated rings.